The van der Waals surface area contributed by atoms with E-state index in [0.29, 0.717) is 0 Å². The average Bonchev–Trinajstić information content (AvgIpc) is 3.11. The maximum Gasteiger partial charge on any atom is 0.139 e. The highest BCUT2D eigenvalue weighted by Crippen LogP contribution is 2.51. The molecule has 0 fully saturated rings. The summed E-state index contributed by atoms with van der Waals surface area (Å²) in [6.45, 7) is 18.0. The van der Waals surface area contributed by atoms with Crippen molar-refractivity contribution in [2.24, 2.45) is 0 Å². The molecule has 4 atom stereocenters. The van der Waals surface area contributed by atoms with Gasteiger partial charge in [-0.2, -0.15) is 0 Å². The summed E-state index contributed by atoms with van der Waals surface area (Å²) < 4.78 is 27.9. The molecule has 50 heavy (non-hydrogen) atoms. The molecule has 3 aromatic rings. The van der Waals surface area contributed by atoms with Crippen LogP contribution in [-0.4, -0.2) is 24.4 Å². The van der Waals surface area contributed by atoms with Crippen molar-refractivity contribution < 1.29 is 18.9 Å². The zero-order chi connectivity index (χ0) is 36.1. The molecule has 0 N–H and O–H groups in total. The highest BCUT2D eigenvalue weighted by atomic mass is 16.5. The van der Waals surface area contributed by atoms with E-state index in [2.05, 4.69) is 91.8 Å². The Morgan fingerprint density at radius 3 is 0.980 bits per heavy atom. The first-order chi connectivity index (χ1) is 24.3. The van der Waals surface area contributed by atoms with E-state index in [1.807, 2.05) is 0 Å². The Morgan fingerprint density at radius 2 is 0.680 bits per heavy atom. The maximum absolute atomic E-state index is 7.07. The number of benzene rings is 3. The third-order valence-corrected chi connectivity index (χ3v) is 10.2. The highest BCUT2D eigenvalue weighted by molar-refractivity contribution is 6.15. The Hall–Kier alpha value is -2.62. The Kier molecular flexibility index (Phi) is 19.9. The van der Waals surface area contributed by atoms with Gasteiger partial charge in [-0.15, -0.1) is 0 Å². The Balaban J connectivity index is 2.20. The third kappa shape index (κ3) is 13.5. The van der Waals surface area contributed by atoms with Gasteiger partial charge in [0.25, 0.3) is 0 Å². The fraction of sp³-hybridized carbons (Fsp3) is 0.696. The van der Waals surface area contributed by atoms with Gasteiger partial charge in [0.05, 0.1) is 35.2 Å². The number of unbranched alkanes of at least 4 members (excludes halogenated alkanes) is 12. The van der Waals surface area contributed by atoms with Crippen LogP contribution in [0.2, 0.25) is 0 Å². The molecule has 4 unspecified atom stereocenters. The van der Waals surface area contributed by atoms with Crippen LogP contribution in [0.5, 0.6) is 23.0 Å². The van der Waals surface area contributed by atoms with Crippen molar-refractivity contribution in [3.05, 3.63) is 36.4 Å². The van der Waals surface area contributed by atoms with Crippen molar-refractivity contribution >= 4 is 21.5 Å². The molecule has 282 valence electrons. The molecule has 3 rings (SSSR count). The predicted molar refractivity (Wildman–Crippen MR) is 217 cm³/mol. The largest absolute Gasteiger partial charge is 0.490 e. The Bertz CT molecular complexity index is 1250. The first kappa shape index (κ1) is 41.8. The van der Waals surface area contributed by atoms with Crippen molar-refractivity contribution in [3.63, 3.8) is 0 Å². The van der Waals surface area contributed by atoms with Gasteiger partial charge in [0.15, 0.2) is 0 Å². The summed E-state index contributed by atoms with van der Waals surface area (Å²) in [5.74, 6) is 3.53. The van der Waals surface area contributed by atoms with Crippen LogP contribution in [0.15, 0.2) is 36.4 Å². The Labute approximate surface area is 307 Å². The predicted octanol–water partition coefficient (Wildman–Crippen LogP) is 14.9. The van der Waals surface area contributed by atoms with Gasteiger partial charge in [0.1, 0.15) is 23.0 Å². The van der Waals surface area contributed by atoms with Crippen molar-refractivity contribution in [1.29, 1.82) is 0 Å². The van der Waals surface area contributed by atoms with Gasteiger partial charge in [0, 0.05) is 10.8 Å². The second kappa shape index (κ2) is 23.8. The van der Waals surface area contributed by atoms with Gasteiger partial charge < -0.3 is 18.9 Å². The number of rotatable bonds is 28. The second-order valence-corrected chi connectivity index (χ2v) is 15.1. The lowest BCUT2D eigenvalue weighted by atomic mass is 9.98. The minimum atomic E-state index is 0.0732. The summed E-state index contributed by atoms with van der Waals surface area (Å²) in [4.78, 5) is 0. The molecule has 0 radical (unpaired) electrons. The van der Waals surface area contributed by atoms with E-state index in [9.17, 15) is 0 Å². The smallest absolute Gasteiger partial charge is 0.139 e. The monoisotopic (exact) mass is 691 g/mol. The van der Waals surface area contributed by atoms with E-state index >= 15 is 0 Å². The third-order valence-electron chi connectivity index (χ3n) is 10.2. The molecule has 4 heteroatoms. The van der Waals surface area contributed by atoms with Gasteiger partial charge >= 0.3 is 0 Å². The molecule has 0 aliphatic rings. The van der Waals surface area contributed by atoms with Crippen LogP contribution in [0, 0.1) is 0 Å². The van der Waals surface area contributed by atoms with Gasteiger partial charge in [-0.25, -0.2) is 0 Å². The van der Waals surface area contributed by atoms with E-state index in [4.69, 9.17) is 18.9 Å². The van der Waals surface area contributed by atoms with E-state index in [1.165, 1.54) is 103 Å². The summed E-state index contributed by atoms with van der Waals surface area (Å²) in [6.07, 6.45) is 24.1. The molecule has 0 aliphatic heterocycles. The average molecular weight is 691 g/mol. The maximum atomic E-state index is 7.07. The number of hydrogen-bond acceptors (Lipinski definition) is 4. The zero-order valence-electron chi connectivity index (χ0n) is 33.5. The first-order valence-corrected chi connectivity index (χ1v) is 21.0. The lowest BCUT2D eigenvalue weighted by Crippen LogP contribution is -2.17. The quantitative estimate of drug-likeness (QED) is 0.0561. The topological polar surface area (TPSA) is 36.9 Å². The molecule has 3 aromatic carbocycles. The standard InChI is InChI=1S/C46H74O4/c1-9-13-17-21-27-35(5)47-41-33-34-42(48-36(6)28-22-18-14-10-2)44-43(41)45(49-37(7)29-23-19-15-11-3)39-31-25-26-32-40(39)46(44)50-38(8)30-24-20-16-12-4/h25-26,31-38H,9-24,27-30H2,1-8H3. The van der Waals surface area contributed by atoms with Crippen molar-refractivity contribution in [2.75, 3.05) is 0 Å². The minimum absolute atomic E-state index is 0.0732. The fourth-order valence-corrected chi connectivity index (χ4v) is 7.11. The highest BCUT2D eigenvalue weighted by Gasteiger charge is 2.26. The SMILES string of the molecule is CCCCCCC(C)Oc1ccc(OC(C)CCCCCC)c2c(OC(C)CCCCCC)c3ccccc3c(OC(C)CCCCCC)c12. The zero-order valence-corrected chi connectivity index (χ0v) is 33.5. The number of ether oxygens (including phenoxy) is 4. The van der Waals surface area contributed by atoms with E-state index < -0.39 is 0 Å². The fourth-order valence-electron chi connectivity index (χ4n) is 7.11. The van der Waals surface area contributed by atoms with E-state index in [1.54, 1.807) is 0 Å². The molecule has 4 nitrogen and oxygen atoms in total. The first-order valence-electron chi connectivity index (χ1n) is 21.0. The Morgan fingerprint density at radius 1 is 0.380 bits per heavy atom. The summed E-state index contributed by atoms with van der Waals surface area (Å²) in [6, 6.07) is 12.9. The molecular weight excluding hydrogens is 617 g/mol. The van der Waals surface area contributed by atoms with Crippen LogP contribution in [0.25, 0.3) is 21.5 Å². The van der Waals surface area contributed by atoms with Crippen LogP contribution >= 0.6 is 0 Å². The van der Waals surface area contributed by atoms with Crippen LogP contribution in [0.4, 0.5) is 0 Å². The molecule has 0 saturated carbocycles. The van der Waals surface area contributed by atoms with Crippen LogP contribution in [0.1, 0.15) is 184 Å². The van der Waals surface area contributed by atoms with E-state index in [0.717, 1.165) is 70.2 Å². The van der Waals surface area contributed by atoms with Gasteiger partial charge in [-0.05, 0) is 91.2 Å². The van der Waals surface area contributed by atoms with Crippen molar-refractivity contribution in [3.8, 4) is 23.0 Å². The van der Waals surface area contributed by atoms with Crippen LogP contribution in [0.3, 0.4) is 0 Å². The summed E-state index contributed by atoms with van der Waals surface area (Å²) >= 11 is 0. The number of fused-ring (bicyclic) bond motifs is 2. The van der Waals surface area contributed by atoms with Crippen molar-refractivity contribution in [2.45, 2.75) is 208 Å². The molecule has 0 saturated heterocycles. The summed E-state index contributed by atoms with van der Waals surface area (Å²) in [5.41, 5.74) is 0. The molecule has 0 amide bonds. The summed E-state index contributed by atoms with van der Waals surface area (Å²) in [5, 5.41) is 4.15. The van der Waals surface area contributed by atoms with Gasteiger partial charge in [-0.3, -0.25) is 0 Å². The van der Waals surface area contributed by atoms with Gasteiger partial charge in [-0.1, -0.05) is 129 Å². The van der Waals surface area contributed by atoms with Crippen LogP contribution < -0.4 is 18.9 Å². The lowest BCUT2D eigenvalue weighted by molar-refractivity contribution is 0.195. The molecule has 0 heterocycles. The second-order valence-electron chi connectivity index (χ2n) is 15.1. The normalized spacial score (nSPS) is 14.1. The molecule has 0 aliphatic carbocycles. The minimum Gasteiger partial charge on any atom is -0.490 e. The molecule has 0 spiro atoms. The molecular formula is C46H74O4. The number of hydrogen-bond donors (Lipinski definition) is 0. The van der Waals surface area contributed by atoms with Crippen molar-refractivity contribution in [1.82, 2.24) is 0 Å². The lowest BCUT2D eigenvalue weighted by Gasteiger charge is -2.27. The van der Waals surface area contributed by atoms with Gasteiger partial charge in [0.2, 0.25) is 0 Å². The van der Waals surface area contributed by atoms with E-state index in [-0.39, 0.29) is 24.4 Å². The molecule has 0 bridgehead atoms. The van der Waals surface area contributed by atoms with Crippen LogP contribution in [-0.2, 0) is 0 Å². The summed E-state index contributed by atoms with van der Waals surface area (Å²) in [7, 11) is 0. The molecule has 0 aromatic heterocycles.